The number of aryl methyl sites for hydroxylation is 1. The Bertz CT molecular complexity index is 684. The predicted octanol–water partition coefficient (Wildman–Crippen LogP) is 3.19. The van der Waals surface area contributed by atoms with E-state index in [2.05, 4.69) is 29.4 Å². The molecule has 0 aromatic heterocycles. The molecule has 5 heteroatoms. The van der Waals surface area contributed by atoms with Crippen LogP contribution in [0.5, 0.6) is 11.5 Å². The maximum absolute atomic E-state index is 5.97. The minimum Gasteiger partial charge on any atom is -0.497 e. The average molecular weight is 313 g/mol. The van der Waals surface area contributed by atoms with Gasteiger partial charge in [0.1, 0.15) is 11.5 Å². The number of rotatable bonds is 6. The molecule has 23 heavy (non-hydrogen) atoms. The third-order valence-corrected chi connectivity index (χ3v) is 3.52. The van der Waals surface area contributed by atoms with Gasteiger partial charge in [-0.2, -0.15) is 0 Å². The van der Waals surface area contributed by atoms with Gasteiger partial charge in [-0.3, -0.25) is 0 Å². The van der Waals surface area contributed by atoms with E-state index in [0.29, 0.717) is 12.5 Å². The second kappa shape index (κ2) is 8.08. The first-order valence-corrected chi connectivity index (χ1v) is 7.53. The lowest BCUT2D eigenvalue weighted by Gasteiger charge is -2.10. The Labute approximate surface area is 137 Å². The fraction of sp³-hybridized carbons (Fsp3) is 0.278. The number of guanidine groups is 1. The van der Waals surface area contributed by atoms with Crippen LogP contribution in [0.25, 0.3) is 0 Å². The first-order valence-electron chi connectivity index (χ1n) is 7.53. The molecule has 0 heterocycles. The van der Waals surface area contributed by atoms with Crippen molar-refractivity contribution >= 4 is 11.6 Å². The first-order chi connectivity index (χ1) is 11.2. The molecule has 0 amide bonds. The summed E-state index contributed by atoms with van der Waals surface area (Å²) in [6.45, 7) is 2.55. The largest absolute Gasteiger partial charge is 0.497 e. The summed E-state index contributed by atoms with van der Waals surface area (Å²) >= 11 is 0. The maximum atomic E-state index is 5.97. The molecule has 0 bridgehead atoms. The van der Waals surface area contributed by atoms with Crippen LogP contribution in [-0.2, 0) is 13.0 Å². The van der Waals surface area contributed by atoms with Crippen molar-refractivity contribution in [1.29, 1.82) is 0 Å². The summed E-state index contributed by atoms with van der Waals surface area (Å²) in [6, 6.07) is 13.8. The Hall–Kier alpha value is -2.69. The fourth-order valence-electron chi connectivity index (χ4n) is 2.21. The van der Waals surface area contributed by atoms with Crippen LogP contribution in [0.15, 0.2) is 47.5 Å². The van der Waals surface area contributed by atoms with Crippen molar-refractivity contribution in [3.05, 3.63) is 53.6 Å². The topological polar surface area (TPSA) is 68.9 Å². The predicted molar refractivity (Wildman–Crippen MR) is 94.3 cm³/mol. The highest BCUT2D eigenvalue weighted by Crippen LogP contribution is 2.25. The van der Waals surface area contributed by atoms with E-state index in [1.165, 1.54) is 5.56 Å². The van der Waals surface area contributed by atoms with E-state index in [1.807, 2.05) is 30.3 Å². The molecule has 3 N–H and O–H groups in total. The number of hydrogen-bond donors (Lipinski definition) is 2. The van der Waals surface area contributed by atoms with Gasteiger partial charge in [0, 0.05) is 17.3 Å². The van der Waals surface area contributed by atoms with Gasteiger partial charge in [-0.05, 0) is 36.2 Å². The fourth-order valence-corrected chi connectivity index (χ4v) is 2.21. The lowest BCUT2D eigenvalue weighted by atomic mass is 10.1. The Morgan fingerprint density at radius 1 is 1.13 bits per heavy atom. The van der Waals surface area contributed by atoms with Crippen molar-refractivity contribution < 1.29 is 9.47 Å². The molecule has 2 aromatic rings. The van der Waals surface area contributed by atoms with Crippen LogP contribution in [0.1, 0.15) is 18.1 Å². The van der Waals surface area contributed by atoms with Gasteiger partial charge in [-0.25, -0.2) is 4.99 Å². The number of methoxy groups -OCH3 is 2. The van der Waals surface area contributed by atoms with Gasteiger partial charge in [-0.15, -0.1) is 0 Å². The number of anilines is 1. The molecule has 0 saturated carbocycles. The normalized spacial score (nSPS) is 11.2. The van der Waals surface area contributed by atoms with Crippen LogP contribution in [0.3, 0.4) is 0 Å². The number of ether oxygens (including phenoxy) is 2. The Morgan fingerprint density at radius 2 is 1.96 bits per heavy atom. The third kappa shape index (κ3) is 4.64. The van der Waals surface area contributed by atoms with E-state index in [1.54, 1.807) is 14.2 Å². The van der Waals surface area contributed by atoms with Gasteiger partial charge in [0.15, 0.2) is 5.96 Å². The van der Waals surface area contributed by atoms with Crippen LogP contribution in [0.4, 0.5) is 5.69 Å². The van der Waals surface area contributed by atoms with Crippen molar-refractivity contribution in [2.24, 2.45) is 10.7 Å². The molecular formula is C18H23N3O2. The summed E-state index contributed by atoms with van der Waals surface area (Å²) in [4.78, 5) is 4.37. The third-order valence-electron chi connectivity index (χ3n) is 3.52. The zero-order valence-electron chi connectivity index (χ0n) is 13.8. The molecule has 0 radical (unpaired) electrons. The minimum absolute atomic E-state index is 0.371. The minimum atomic E-state index is 0.371. The molecule has 0 saturated heterocycles. The van der Waals surface area contributed by atoms with Gasteiger partial charge >= 0.3 is 0 Å². The summed E-state index contributed by atoms with van der Waals surface area (Å²) in [7, 11) is 3.25. The number of nitrogens with one attached hydrogen (secondary N) is 1. The summed E-state index contributed by atoms with van der Waals surface area (Å²) in [6.07, 6.45) is 0.982. The molecule has 0 aliphatic carbocycles. The molecule has 122 valence electrons. The molecule has 2 aromatic carbocycles. The standard InChI is InChI=1S/C18H23N3O2/c1-4-13-6-5-7-15(10-13)21-18(19)20-12-14-8-9-16(22-2)11-17(14)23-3/h5-11H,4,12H2,1-3H3,(H3,19,20,21). The number of benzene rings is 2. The molecule has 0 unspecified atom stereocenters. The molecule has 0 spiro atoms. The van der Waals surface area contributed by atoms with Crippen LogP contribution in [0, 0.1) is 0 Å². The average Bonchev–Trinajstić information content (AvgIpc) is 2.59. The van der Waals surface area contributed by atoms with E-state index >= 15 is 0 Å². The van der Waals surface area contributed by atoms with Crippen molar-refractivity contribution in [2.75, 3.05) is 19.5 Å². The lowest BCUT2D eigenvalue weighted by molar-refractivity contribution is 0.391. The van der Waals surface area contributed by atoms with Gasteiger partial charge in [0.2, 0.25) is 0 Å². The van der Waals surface area contributed by atoms with Crippen LogP contribution >= 0.6 is 0 Å². The smallest absolute Gasteiger partial charge is 0.193 e. The van der Waals surface area contributed by atoms with Crippen LogP contribution in [0.2, 0.25) is 0 Å². The Balaban J connectivity index is 2.07. The molecular weight excluding hydrogens is 290 g/mol. The Kier molecular flexibility index (Phi) is 5.86. The van der Waals surface area contributed by atoms with Gasteiger partial charge < -0.3 is 20.5 Å². The Morgan fingerprint density at radius 3 is 2.65 bits per heavy atom. The zero-order chi connectivity index (χ0) is 16.7. The second-order valence-electron chi connectivity index (χ2n) is 5.06. The van der Waals surface area contributed by atoms with E-state index < -0.39 is 0 Å². The summed E-state index contributed by atoms with van der Waals surface area (Å²) in [5.41, 5.74) is 9.10. The number of hydrogen-bond acceptors (Lipinski definition) is 3. The van der Waals surface area contributed by atoms with E-state index in [9.17, 15) is 0 Å². The molecule has 2 rings (SSSR count). The van der Waals surface area contributed by atoms with E-state index in [0.717, 1.165) is 29.2 Å². The highest BCUT2D eigenvalue weighted by molar-refractivity contribution is 5.92. The maximum Gasteiger partial charge on any atom is 0.193 e. The molecule has 0 fully saturated rings. The van der Waals surface area contributed by atoms with Crippen LogP contribution in [-0.4, -0.2) is 20.2 Å². The van der Waals surface area contributed by atoms with E-state index in [4.69, 9.17) is 15.2 Å². The van der Waals surface area contributed by atoms with E-state index in [-0.39, 0.29) is 0 Å². The number of nitrogens with zero attached hydrogens (tertiary/aromatic N) is 1. The molecule has 0 atom stereocenters. The highest BCUT2D eigenvalue weighted by Gasteiger charge is 2.05. The summed E-state index contributed by atoms with van der Waals surface area (Å²) < 4.78 is 10.5. The monoisotopic (exact) mass is 313 g/mol. The van der Waals surface area contributed by atoms with Gasteiger partial charge in [-0.1, -0.05) is 19.1 Å². The molecule has 0 aliphatic rings. The van der Waals surface area contributed by atoms with Crippen molar-refractivity contribution in [3.8, 4) is 11.5 Å². The van der Waals surface area contributed by atoms with Gasteiger partial charge in [0.25, 0.3) is 0 Å². The molecule has 0 aliphatic heterocycles. The molecule has 5 nitrogen and oxygen atoms in total. The lowest BCUT2D eigenvalue weighted by Crippen LogP contribution is -2.22. The first kappa shape index (κ1) is 16.7. The zero-order valence-corrected chi connectivity index (χ0v) is 13.8. The number of nitrogens with two attached hydrogens (primary N) is 1. The van der Waals surface area contributed by atoms with Gasteiger partial charge in [0.05, 0.1) is 20.8 Å². The quantitative estimate of drug-likeness (QED) is 0.635. The highest BCUT2D eigenvalue weighted by atomic mass is 16.5. The van der Waals surface area contributed by atoms with Crippen molar-refractivity contribution in [3.63, 3.8) is 0 Å². The van der Waals surface area contributed by atoms with Crippen molar-refractivity contribution in [2.45, 2.75) is 19.9 Å². The summed E-state index contributed by atoms with van der Waals surface area (Å²) in [5.74, 6) is 1.85. The second-order valence-corrected chi connectivity index (χ2v) is 5.06. The SMILES string of the molecule is CCc1cccc(NC(N)=NCc2ccc(OC)cc2OC)c1. The van der Waals surface area contributed by atoms with Crippen molar-refractivity contribution in [1.82, 2.24) is 0 Å². The summed E-state index contributed by atoms with van der Waals surface area (Å²) in [5, 5.41) is 3.11. The number of aliphatic imine (C=N–C) groups is 1. The van der Waals surface area contributed by atoms with Crippen LogP contribution < -0.4 is 20.5 Å².